The maximum absolute atomic E-state index is 9.13. The minimum absolute atomic E-state index is 0.213. The van der Waals surface area contributed by atoms with Crippen molar-refractivity contribution in [2.75, 3.05) is 24.7 Å². The molecule has 0 unspecified atom stereocenters. The molecule has 0 radical (unpaired) electrons. The minimum atomic E-state index is -0.701. The summed E-state index contributed by atoms with van der Waals surface area (Å²) in [7, 11) is 0. The van der Waals surface area contributed by atoms with E-state index in [1.165, 1.54) is 4.90 Å². The Bertz CT molecular complexity index is 281. The summed E-state index contributed by atoms with van der Waals surface area (Å²) in [6, 6.07) is 7.93. The maximum Gasteiger partial charge on any atom is 0.0942 e. The Labute approximate surface area is 88.2 Å². The number of benzene rings is 1. The molecule has 3 N–H and O–H groups in total. The number of thioether (sulfide) groups is 1. The van der Waals surface area contributed by atoms with E-state index in [-0.39, 0.29) is 6.61 Å². The van der Waals surface area contributed by atoms with Gasteiger partial charge in [0, 0.05) is 17.1 Å². The van der Waals surface area contributed by atoms with Crippen LogP contribution >= 0.6 is 11.8 Å². The summed E-state index contributed by atoms with van der Waals surface area (Å²) in [6.07, 6.45) is 1.31. The fourth-order valence-corrected chi connectivity index (χ4v) is 1.49. The van der Waals surface area contributed by atoms with Gasteiger partial charge in [0.2, 0.25) is 0 Å². The lowest BCUT2D eigenvalue weighted by molar-refractivity contribution is 0.105. The van der Waals surface area contributed by atoms with Crippen molar-refractivity contribution in [3.63, 3.8) is 0 Å². The third-order valence-corrected chi connectivity index (χ3v) is 2.55. The first-order chi connectivity index (χ1) is 6.76. The van der Waals surface area contributed by atoms with Crippen LogP contribution < -0.4 is 5.32 Å². The third kappa shape index (κ3) is 3.57. The van der Waals surface area contributed by atoms with E-state index in [4.69, 9.17) is 10.2 Å². The first-order valence-electron chi connectivity index (χ1n) is 4.43. The smallest absolute Gasteiger partial charge is 0.0942 e. The molecule has 0 saturated carbocycles. The molecule has 3 nitrogen and oxygen atoms in total. The lowest BCUT2D eigenvalue weighted by Gasteiger charge is -2.10. The van der Waals surface area contributed by atoms with Crippen molar-refractivity contribution in [2.24, 2.45) is 0 Å². The largest absolute Gasteiger partial charge is 0.394 e. The lowest BCUT2D eigenvalue weighted by Crippen LogP contribution is -2.22. The highest BCUT2D eigenvalue weighted by molar-refractivity contribution is 7.98. The molecule has 4 heteroatoms. The van der Waals surface area contributed by atoms with Gasteiger partial charge in [0.15, 0.2) is 0 Å². The summed E-state index contributed by atoms with van der Waals surface area (Å²) in [5.74, 6) is 0. The van der Waals surface area contributed by atoms with Crippen molar-refractivity contribution >= 4 is 17.4 Å². The number of aliphatic hydroxyl groups is 2. The molecule has 1 rings (SSSR count). The van der Waals surface area contributed by atoms with E-state index in [0.717, 1.165) is 5.69 Å². The SMILES string of the molecule is CSc1cccc(NC[C@H](O)CO)c1. The fraction of sp³-hybridized carbons (Fsp3) is 0.400. The van der Waals surface area contributed by atoms with Crippen molar-refractivity contribution in [3.8, 4) is 0 Å². The number of anilines is 1. The number of rotatable bonds is 5. The standard InChI is InChI=1S/C10H15NO2S/c1-14-10-4-2-3-8(5-10)11-6-9(13)7-12/h2-5,9,11-13H,6-7H2,1H3/t9-/m0/s1. The highest BCUT2D eigenvalue weighted by Crippen LogP contribution is 2.18. The molecule has 0 saturated heterocycles. The summed E-state index contributed by atoms with van der Waals surface area (Å²) in [4.78, 5) is 1.17. The zero-order valence-corrected chi connectivity index (χ0v) is 8.92. The van der Waals surface area contributed by atoms with Crippen LogP contribution in [0.5, 0.6) is 0 Å². The normalized spacial score (nSPS) is 12.5. The second-order valence-electron chi connectivity index (χ2n) is 2.95. The molecule has 0 spiro atoms. The van der Waals surface area contributed by atoms with Gasteiger partial charge in [0.1, 0.15) is 0 Å². The highest BCUT2D eigenvalue weighted by Gasteiger charge is 2.01. The van der Waals surface area contributed by atoms with Gasteiger partial charge >= 0.3 is 0 Å². The van der Waals surface area contributed by atoms with Crippen molar-refractivity contribution < 1.29 is 10.2 Å². The predicted octanol–water partition coefficient (Wildman–Crippen LogP) is 1.17. The molecular formula is C10H15NO2S. The molecule has 0 aliphatic carbocycles. The molecule has 0 amide bonds. The first kappa shape index (κ1) is 11.4. The van der Waals surface area contributed by atoms with Crippen LogP contribution in [0.4, 0.5) is 5.69 Å². The van der Waals surface area contributed by atoms with E-state index < -0.39 is 6.10 Å². The fourth-order valence-electron chi connectivity index (χ4n) is 1.03. The van der Waals surface area contributed by atoms with Gasteiger partial charge in [-0.15, -0.1) is 11.8 Å². The van der Waals surface area contributed by atoms with E-state index in [1.54, 1.807) is 11.8 Å². The number of aliphatic hydroxyl groups excluding tert-OH is 2. The van der Waals surface area contributed by atoms with Crippen LogP contribution in [-0.2, 0) is 0 Å². The van der Waals surface area contributed by atoms with Crippen LogP contribution in [-0.4, -0.2) is 35.7 Å². The Hall–Kier alpha value is -0.710. The molecule has 1 aromatic carbocycles. The van der Waals surface area contributed by atoms with E-state index in [2.05, 4.69) is 5.32 Å². The van der Waals surface area contributed by atoms with Crippen LogP contribution in [0.25, 0.3) is 0 Å². The molecule has 0 aliphatic rings. The molecule has 0 heterocycles. The Morgan fingerprint density at radius 1 is 1.50 bits per heavy atom. The van der Waals surface area contributed by atoms with Gasteiger partial charge in [-0.25, -0.2) is 0 Å². The van der Waals surface area contributed by atoms with Crippen molar-refractivity contribution in [1.82, 2.24) is 0 Å². The Morgan fingerprint density at radius 3 is 2.93 bits per heavy atom. The zero-order chi connectivity index (χ0) is 10.4. The molecule has 0 aliphatic heterocycles. The second kappa shape index (κ2) is 5.90. The Morgan fingerprint density at radius 2 is 2.29 bits per heavy atom. The van der Waals surface area contributed by atoms with E-state index >= 15 is 0 Å². The van der Waals surface area contributed by atoms with Crippen LogP contribution in [0.1, 0.15) is 0 Å². The van der Waals surface area contributed by atoms with Crippen LogP contribution in [0, 0.1) is 0 Å². The molecule has 14 heavy (non-hydrogen) atoms. The zero-order valence-electron chi connectivity index (χ0n) is 8.10. The van der Waals surface area contributed by atoms with Gasteiger partial charge in [0.05, 0.1) is 12.7 Å². The van der Waals surface area contributed by atoms with Crippen LogP contribution in [0.2, 0.25) is 0 Å². The quantitative estimate of drug-likeness (QED) is 0.643. The van der Waals surface area contributed by atoms with E-state index in [0.29, 0.717) is 6.54 Å². The van der Waals surface area contributed by atoms with Gasteiger partial charge in [-0.3, -0.25) is 0 Å². The van der Waals surface area contributed by atoms with Crippen molar-refractivity contribution in [3.05, 3.63) is 24.3 Å². The number of hydrogen-bond donors (Lipinski definition) is 3. The van der Waals surface area contributed by atoms with Gasteiger partial charge in [-0.1, -0.05) is 6.07 Å². The van der Waals surface area contributed by atoms with Crippen molar-refractivity contribution in [2.45, 2.75) is 11.0 Å². The monoisotopic (exact) mass is 213 g/mol. The van der Waals surface area contributed by atoms with Gasteiger partial charge in [0.25, 0.3) is 0 Å². The topological polar surface area (TPSA) is 52.5 Å². The molecule has 0 bridgehead atoms. The molecule has 1 atom stereocenters. The summed E-state index contributed by atoms with van der Waals surface area (Å²) >= 11 is 1.67. The Kier molecular flexibility index (Phi) is 4.79. The minimum Gasteiger partial charge on any atom is -0.394 e. The predicted molar refractivity (Wildman–Crippen MR) is 59.8 cm³/mol. The lowest BCUT2D eigenvalue weighted by atomic mass is 10.3. The summed E-state index contributed by atoms with van der Waals surface area (Å²) < 4.78 is 0. The second-order valence-corrected chi connectivity index (χ2v) is 3.83. The Balaban J connectivity index is 2.50. The van der Waals surface area contributed by atoms with Gasteiger partial charge in [-0.05, 0) is 24.5 Å². The number of nitrogens with one attached hydrogen (secondary N) is 1. The van der Waals surface area contributed by atoms with Crippen molar-refractivity contribution in [1.29, 1.82) is 0 Å². The molecule has 0 fully saturated rings. The molecule has 1 aromatic rings. The molecule has 78 valence electrons. The number of hydrogen-bond acceptors (Lipinski definition) is 4. The average Bonchev–Trinajstić information content (AvgIpc) is 2.26. The third-order valence-electron chi connectivity index (χ3n) is 1.82. The van der Waals surface area contributed by atoms with Crippen LogP contribution in [0.3, 0.4) is 0 Å². The summed E-state index contributed by atoms with van der Waals surface area (Å²) in [6.45, 7) is 0.156. The van der Waals surface area contributed by atoms with E-state index in [1.807, 2.05) is 30.5 Å². The molecular weight excluding hydrogens is 198 g/mol. The maximum atomic E-state index is 9.13. The van der Waals surface area contributed by atoms with Gasteiger partial charge < -0.3 is 15.5 Å². The first-order valence-corrected chi connectivity index (χ1v) is 5.65. The van der Waals surface area contributed by atoms with Gasteiger partial charge in [-0.2, -0.15) is 0 Å². The summed E-state index contributed by atoms with van der Waals surface area (Å²) in [5.41, 5.74) is 0.962. The summed E-state index contributed by atoms with van der Waals surface area (Å²) in [5, 5.41) is 20.8. The molecule has 0 aromatic heterocycles. The van der Waals surface area contributed by atoms with Crippen LogP contribution in [0.15, 0.2) is 29.2 Å². The van der Waals surface area contributed by atoms with E-state index in [9.17, 15) is 0 Å². The average molecular weight is 213 g/mol. The highest BCUT2D eigenvalue weighted by atomic mass is 32.2.